The molecule has 0 saturated carbocycles. The number of carbonyl (C=O) groups is 2. The predicted octanol–water partition coefficient (Wildman–Crippen LogP) is 5.86. The maximum atomic E-state index is 13.2. The molecule has 0 aliphatic heterocycles. The van der Waals surface area contributed by atoms with E-state index in [4.69, 9.17) is 27.9 Å². The summed E-state index contributed by atoms with van der Waals surface area (Å²) in [6.45, 7) is 7.65. The van der Waals surface area contributed by atoms with Crippen molar-refractivity contribution in [2.24, 2.45) is 0 Å². The van der Waals surface area contributed by atoms with Crippen LogP contribution in [0.25, 0.3) is 0 Å². The molecule has 0 fully saturated rings. The molecule has 0 aliphatic carbocycles. The highest BCUT2D eigenvalue weighted by Gasteiger charge is 2.31. The number of ether oxygens (including phenoxy) is 1. The summed E-state index contributed by atoms with van der Waals surface area (Å²) < 4.78 is 6.36. The average Bonchev–Trinajstić information content (AvgIpc) is 2.67. The quantitative estimate of drug-likeness (QED) is 0.466. The van der Waals surface area contributed by atoms with Gasteiger partial charge >= 0.3 is 0 Å². The van der Waals surface area contributed by atoms with Crippen molar-refractivity contribution in [1.82, 2.24) is 10.2 Å². The lowest BCUT2D eigenvalue weighted by Gasteiger charge is -2.33. The van der Waals surface area contributed by atoms with Crippen LogP contribution in [0.4, 0.5) is 0 Å². The summed E-state index contributed by atoms with van der Waals surface area (Å²) in [6, 6.07) is 11.6. The average molecular weight is 530 g/mol. The molecule has 2 aromatic rings. The Kier molecular flexibility index (Phi) is 9.22. The van der Waals surface area contributed by atoms with E-state index >= 15 is 0 Å². The van der Waals surface area contributed by atoms with Crippen LogP contribution in [0.2, 0.25) is 10.0 Å². The van der Waals surface area contributed by atoms with Gasteiger partial charge in [0.15, 0.2) is 6.61 Å². The molecule has 0 aliphatic rings. The Bertz CT molecular complexity index is 914. The Morgan fingerprint density at radius 3 is 2.26 bits per heavy atom. The maximum absolute atomic E-state index is 13.2. The van der Waals surface area contributed by atoms with E-state index in [9.17, 15) is 9.59 Å². The second-order valence-electron chi connectivity index (χ2n) is 8.17. The summed E-state index contributed by atoms with van der Waals surface area (Å²) in [5, 5.41) is 4.13. The van der Waals surface area contributed by atoms with E-state index in [2.05, 4.69) is 21.2 Å². The van der Waals surface area contributed by atoms with Gasteiger partial charge in [-0.05, 0) is 79.0 Å². The number of amides is 2. The van der Waals surface area contributed by atoms with E-state index in [1.807, 2.05) is 39.8 Å². The highest BCUT2D eigenvalue weighted by atomic mass is 79.9. The van der Waals surface area contributed by atoms with Crippen molar-refractivity contribution in [2.75, 3.05) is 6.61 Å². The van der Waals surface area contributed by atoms with Crippen LogP contribution in [-0.2, 0) is 16.1 Å². The fourth-order valence-corrected chi connectivity index (χ4v) is 3.90. The van der Waals surface area contributed by atoms with Crippen molar-refractivity contribution in [3.05, 3.63) is 62.5 Å². The Morgan fingerprint density at radius 1 is 1.10 bits per heavy atom. The van der Waals surface area contributed by atoms with Gasteiger partial charge in [0.05, 0.1) is 4.47 Å². The highest BCUT2D eigenvalue weighted by Crippen LogP contribution is 2.28. The molecule has 2 aromatic carbocycles. The van der Waals surface area contributed by atoms with Gasteiger partial charge in [-0.2, -0.15) is 0 Å². The molecule has 8 heteroatoms. The third-order valence-electron chi connectivity index (χ3n) is 4.40. The molecular weight excluding hydrogens is 503 g/mol. The molecule has 0 heterocycles. The molecule has 31 heavy (non-hydrogen) atoms. The van der Waals surface area contributed by atoms with Gasteiger partial charge in [-0.1, -0.05) is 42.3 Å². The number of rotatable bonds is 8. The number of hydrogen-bond donors (Lipinski definition) is 1. The fraction of sp³-hybridized carbons (Fsp3) is 0.391. The first-order chi connectivity index (χ1) is 14.5. The van der Waals surface area contributed by atoms with Crippen molar-refractivity contribution in [2.45, 2.75) is 52.2 Å². The van der Waals surface area contributed by atoms with Crippen LogP contribution in [0.15, 0.2) is 46.9 Å². The fourth-order valence-electron chi connectivity index (χ4n) is 2.97. The molecule has 5 nitrogen and oxygen atoms in total. The van der Waals surface area contributed by atoms with E-state index in [1.165, 1.54) is 0 Å². The van der Waals surface area contributed by atoms with E-state index in [-0.39, 0.29) is 25.0 Å². The lowest BCUT2D eigenvalue weighted by atomic mass is 10.1. The predicted molar refractivity (Wildman–Crippen MR) is 129 cm³/mol. The van der Waals surface area contributed by atoms with Crippen LogP contribution in [0.5, 0.6) is 5.75 Å². The Hall–Kier alpha value is -1.76. The van der Waals surface area contributed by atoms with Crippen LogP contribution in [0, 0.1) is 0 Å². The molecular formula is C23H27BrCl2N2O3. The third-order valence-corrected chi connectivity index (χ3v) is 5.50. The number of hydrogen-bond acceptors (Lipinski definition) is 3. The van der Waals surface area contributed by atoms with Crippen LogP contribution >= 0.6 is 39.1 Å². The minimum absolute atomic E-state index is 0.204. The van der Waals surface area contributed by atoms with E-state index < -0.39 is 11.6 Å². The lowest BCUT2D eigenvalue weighted by Crippen LogP contribution is -2.54. The minimum atomic E-state index is -0.639. The molecule has 1 N–H and O–H groups in total. The van der Waals surface area contributed by atoms with Crippen molar-refractivity contribution in [3.63, 3.8) is 0 Å². The number of benzene rings is 2. The SMILES string of the molecule is CC[C@H](C(=O)NC(C)(C)C)N(Cc1ccc(Cl)cc1)C(=O)COc1ccc(Cl)cc1Br. The van der Waals surface area contributed by atoms with Crippen molar-refractivity contribution >= 4 is 50.9 Å². The standard InChI is InChI=1S/C23H27BrCl2N2O3/c1-5-19(22(30)27-23(2,3)4)28(13-15-6-8-16(25)9-7-15)21(29)14-31-20-11-10-17(26)12-18(20)24/h6-12,19H,5,13-14H2,1-4H3,(H,27,30)/t19-/m1/s1. The monoisotopic (exact) mass is 528 g/mol. The highest BCUT2D eigenvalue weighted by molar-refractivity contribution is 9.10. The second kappa shape index (κ2) is 11.2. The number of carbonyl (C=O) groups excluding carboxylic acids is 2. The van der Waals surface area contributed by atoms with Crippen molar-refractivity contribution in [3.8, 4) is 5.75 Å². The molecule has 0 unspecified atom stereocenters. The largest absolute Gasteiger partial charge is 0.483 e. The first-order valence-corrected chi connectivity index (χ1v) is 11.5. The van der Waals surface area contributed by atoms with Gasteiger partial charge in [-0.15, -0.1) is 0 Å². The van der Waals surface area contributed by atoms with Gasteiger partial charge in [-0.3, -0.25) is 9.59 Å². The summed E-state index contributed by atoms with van der Waals surface area (Å²) in [4.78, 5) is 27.7. The zero-order valence-corrected chi connectivity index (χ0v) is 21.1. The lowest BCUT2D eigenvalue weighted by molar-refractivity contribution is -0.143. The van der Waals surface area contributed by atoms with Gasteiger partial charge < -0.3 is 15.0 Å². The maximum Gasteiger partial charge on any atom is 0.261 e. The molecule has 1 atom stereocenters. The van der Waals surface area contributed by atoms with E-state index in [0.717, 1.165) is 5.56 Å². The zero-order valence-electron chi connectivity index (χ0n) is 18.0. The smallest absolute Gasteiger partial charge is 0.261 e. The summed E-state index contributed by atoms with van der Waals surface area (Å²) in [5.41, 5.74) is 0.455. The molecule has 0 radical (unpaired) electrons. The minimum Gasteiger partial charge on any atom is -0.483 e. The van der Waals surface area contributed by atoms with Crippen molar-refractivity contribution < 1.29 is 14.3 Å². The van der Waals surface area contributed by atoms with E-state index in [1.54, 1.807) is 35.2 Å². The van der Waals surface area contributed by atoms with Crippen LogP contribution < -0.4 is 10.1 Å². The molecule has 0 bridgehead atoms. The second-order valence-corrected chi connectivity index (χ2v) is 9.90. The summed E-state index contributed by atoms with van der Waals surface area (Å²) in [5.74, 6) is -0.00548. The number of nitrogens with one attached hydrogen (secondary N) is 1. The third kappa shape index (κ3) is 8.02. The van der Waals surface area contributed by atoms with Gasteiger partial charge in [0, 0.05) is 22.1 Å². The van der Waals surface area contributed by atoms with Crippen LogP contribution in [0.3, 0.4) is 0 Å². The molecule has 0 saturated heterocycles. The van der Waals surface area contributed by atoms with Crippen molar-refractivity contribution in [1.29, 1.82) is 0 Å². The van der Waals surface area contributed by atoms with E-state index in [0.29, 0.717) is 26.7 Å². The molecule has 2 rings (SSSR count). The topological polar surface area (TPSA) is 58.6 Å². The summed E-state index contributed by atoms with van der Waals surface area (Å²) >= 11 is 15.3. The number of halogens is 3. The van der Waals surface area contributed by atoms with Gasteiger partial charge in [0.25, 0.3) is 5.91 Å². The van der Waals surface area contributed by atoms with Crippen LogP contribution in [-0.4, -0.2) is 34.9 Å². The Labute approximate surface area is 202 Å². The van der Waals surface area contributed by atoms with Gasteiger partial charge in [0.2, 0.25) is 5.91 Å². The van der Waals surface area contributed by atoms with Gasteiger partial charge in [0.1, 0.15) is 11.8 Å². The molecule has 0 spiro atoms. The number of nitrogens with zero attached hydrogens (tertiary/aromatic N) is 1. The Balaban J connectivity index is 2.24. The Morgan fingerprint density at radius 2 is 1.71 bits per heavy atom. The van der Waals surface area contributed by atoms with Gasteiger partial charge in [-0.25, -0.2) is 0 Å². The first-order valence-electron chi connectivity index (χ1n) is 9.94. The van der Waals surface area contributed by atoms with Crippen LogP contribution in [0.1, 0.15) is 39.7 Å². The summed E-state index contributed by atoms with van der Waals surface area (Å²) in [6.07, 6.45) is 0.464. The zero-order chi connectivity index (χ0) is 23.2. The normalized spacial score (nSPS) is 12.2. The molecule has 2 amide bonds. The molecule has 168 valence electrons. The first kappa shape index (κ1) is 25.5. The molecule has 0 aromatic heterocycles. The summed E-state index contributed by atoms with van der Waals surface area (Å²) in [7, 11) is 0.